The van der Waals surface area contributed by atoms with Crippen LogP contribution in [0.5, 0.6) is 5.75 Å². The lowest BCUT2D eigenvalue weighted by molar-refractivity contribution is 0.319. The molecule has 0 aliphatic rings. The zero-order valence-electron chi connectivity index (χ0n) is 11.1. The summed E-state index contributed by atoms with van der Waals surface area (Å²) in [4.78, 5) is 4.46. The molecule has 102 valence electrons. The number of nitrogens with zero attached hydrogens (tertiary/aromatic N) is 3. The van der Waals surface area contributed by atoms with Crippen molar-refractivity contribution in [1.29, 1.82) is 0 Å². The van der Waals surface area contributed by atoms with Crippen LogP contribution in [0, 0.1) is 6.92 Å². The lowest BCUT2D eigenvalue weighted by Crippen LogP contribution is -2.03. The van der Waals surface area contributed by atoms with Crippen LogP contribution in [0.2, 0.25) is 0 Å². The monoisotopic (exact) mass is 331 g/mol. The first kappa shape index (κ1) is 13.1. The van der Waals surface area contributed by atoms with Gasteiger partial charge in [-0.3, -0.25) is 0 Å². The highest BCUT2D eigenvalue weighted by atomic mass is 79.9. The van der Waals surface area contributed by atoms with Crippen molar-refractivity contribution in [3.63, 3.8) is 0 Å². The first-order chi connectivity index (χ1) is 9.70. The molecule has 0 bridgehead atoms. The molecule has 0 N–H and O–H groups in total. The molecular weight excluding hydrogens is 318 g/mol. The highest BCUT2D eigenvalue weighted by Gasteiger charge is 2.04. The van der Waals surface area contributed by atoms with Crippen LogP contribution in [0.3, 0.4) is 0 Å². The molecule has 0 aliphatic carbocycles. The zero-order valence-corrected chi connectivity index (χ0v) is 12.7. The molecule has 3 aromatic rings. The second-order valence-electron chi connectivity index (χ2n) is 4.59. The molecule has 0 radical (unpaired) electrons. The van der Waals surface area contributed by atoms with Gasteiger partial charge in [0.15, 0.2) is 11.5 Å². The molecule has 0 spiro atoms. The number of aromatic nitrogens is 3. The summed E-state index contributed by atoms with van der Waals surface area (Å²) in [5.41, 5.74) is 2.03. The van der Waals surface area contributed by atoms with Crippen molar-refractivity contribution in [3.8, 4) is 5.75 Å². The maximum absolute atomic E-state index is 5.71. The molecular formula is C15H14BrN3O. The van der Waals surface area contributed by atoms with Crippen LogP contribution in [-0.2, 0) is 6.42 Å². The number of fused-ring (bicyclic) bond motifs is 1. The molecule has 0 atom stereocenters. The van der Waals surface area contributed by atoms with E-state index in [0.29, 0.717) is 13.0 Å². The molecule has 0 amide bonds. The van der Waals surface area contributed by atoms with Gasteiger partial charge in [-0.25, -0.2) is 9.50 Å². The Labute approximate surface area is 125 Å². The number of rotatable bonds is 4. The van der Waals surface area contributed by atoms with Crippen molar-refractivity contribution >= 4 is 21.6 Å². The molecule has 4 nitrogen and oxygen atoms in total. The first-order valence-electron chi connectivity index (χ1n) is 6.41. The van der Waals surface area contributed by atoms with E-state index >= 15 is 0 Å². The van der Waals surface area contributed by atoms with Crippen molar-refractivity contribution in [2.45, 2.75) is 13.3 Å². The quantitative estimate of drug-likeness (QED) is 0.735. The number of pyridine rings is 1. The Morgan fingerprint density at radius 3 is 3.00 bits per heavy atom. The maximum atomic E-state index is 5.71. The molecule has 0 unspecified atom stereocenters. The normalized spacial score (nSPS) is 10.9. The summed E-state index contributed by atoms with van der Waals surface area (Å²) in [6, 6.07) is 11.9. The van der Waals surface area contributed by atoms with E-state index in [1.165, 1.54) is 5.56 Å². The topological polar surface area (TPSA) is 39.4 Å². The summed E-state index contributed by atoms with van der Waals surface area (Å²) in [6.07, 6.45) is 2.57. The van der Waals surface area contributed by atoms with Gasteiger partial charge < -0.3 is 4.74 Å². The van der Waals surface area contributed by atoms with E-state index in [-0.39, 0.29) is 0 Å². The highest BCUT2D eigenvalue weighted by Crippen LogP contribution is 2.14. The number of halogens is 1. The van der Waals surface area contributed by atoms with Crippen molar-refractivity contribution in [2.75, 3.05) is 6.61 Å². The summed E-state index contributed by atoms with van der Waals surface area (Å²) in [6.45, 7) is 2.62. The van der Waals surface area contributed by atoms with E-state index in [2.05, 4.69) is 26.0 Å². The predicted molar refractivity (Wildman–Crippen MR) is 81.1 cm³/mol. The van der Waals surface area contributed by atoms with Crippen molar-refractivity contribution < 1.29 is 4.74 Å². The van der Waals surface area contributed by atoms with Crippen molar-refractivity contribution in [2.24, 2.45) is 0 Å². The minimum Gasteiger partial charge on any atom is -0.493 e. The minimum atomic E-state index is 0.571. The second kappa shape index (κ2) is 5.63. The molecule has 0 saturated heterocycles. The molecule has 2 heterocycles. The van der Waals surface area contributed by atoms with Crippen LogP contribution in [0.1, 0.15) is 11.4 Å². The Bertz CT molecular complexity index is 739. The van der Waals surface area contributed by atoms with E-state index in [1.807, 2.05) is 49.5 Å². The van der Waals surface area contributed by atoms with Gasteiger partial charge in [0.1, 0.15) is 5.75 Å². The van der Waals surface area contributed by atoms with Gasteiger partial charge in [0.05, 0.1) is 6.61 Å². The molecule has 0 aliphatic heterocycles. The van der Waals surface area contributed by atoms with E-state index in [1.54, 1.807) is 4.52 Å². The molecule has 0 fully saturated rings. The standard InChI is InChI=1S/C15H14BrN3O/c1-11-3-2-4-13(9-11)20-8-6-14-17-15-10-12(16)5-7-19(15)18-14/h2-5,7,9-10H,6,8H2,1H3. The van der Waals surface area contributed by atoms with Gasteiger partial charge in [-0.15, -0.1) is 0 Å². The summed E-state index contributed by atoms with van der Waals surface area (Å²) in [5.74, 6) is 1.67. The van der Waals surface area contributed by atoms with Gasteiger partial charge in [-0.05, 0) is 36.8 Å². The largest absolute Gasteiger partial charge is 0.493 e. The fraction of sp³-hybridized carbons (Fsp3) is 0.200. The summed E-state index contributed by atoms with van der Waals surface area (Å²) in [7, 11) is 0. The second-order valence-corrected chi connectivity index (χ2v) is 5.51. The SMILES string of the molecule is Cc1cccc(OCCc2nc3cc(Br)ccn3n2)c1. The van der Waals surface area contributed by atoms with Crippen molar-refractivity contribution in [1.82, 2.24) is 14.6 Å². The fourth-order valence-electron chi connectivity index (χ4n) is 1.97. The zero-order chi connectivity index (χ0) is 13.9. The summed E-state index contributed by atoms with van der Waals surface area (Å²) < 4.78 is 8.48. The lowest BCUT2D eigenvalue weighted by atomic mass is 10.2. The van der Waals surface area contributed by atoms with Crippen LogP contribution in [0.15, 0.2) is 47.1 Å². The molecule has 0 saturated carbocycles. The van der Waals surface area contributed by atoms with Gasteiger partial charge in [0.2, 0.25) is 0 Å². The fourth-order valence-corrected chi connectivity index (χ4v) is 2.30. The third kappa shape index (κ3) is 2.99. The van der Waals surface area contributed by atoms with Gasteiger partial charge in [0.25, 0.3) is 0 Å². The van der Waals surface area contributed by atoms with Gasteiger partial charge in [-0.2, -0.15) is 5.10 Å². The molecule has 2 aromatic heterocycles. The molecule has 1 aromatic carbocycles. The van der Waals surface area contributed by atoms with Gasteiger partial charge in [-0.1, -0.05) is 28.1 Å². The first-order valence-corrected chi connectivity index (χ1v) is 7.20. The third-order valence-electron chi connectivity index (χ3n) is 2.93. The molecule has 5 heteroatoms. The third-order valence-corrected chi connectivity index (χ3v) is 3.42. The molecule has 3 rings (SSSR count). The van der Waals surface area contributed by atoms with Gasteiger partial charge >= 0.3 is 0 Å². The van der Waals surface area contributed by atoms with E-state index < -0.39 is 0 Å². The Kier molecular flexibility index (Phi) is 3.69. The van der Waals surface area contributed by atoms with E-state index in [4.69, 9.17) is 4.74 Å². The average molecular weight is 332 g/mol. The van der Waals surface area contributed by atoms with E-state index in [0.717, 1.165) is 21.7 Å². The smallest absolute Gasteiger partial charge is 0.156 e. The van der Waals surface area contributed by atoms with E-state index in [9.17, 15) is 0 Å². The predicted octanol–water partition coefficient (Wildman–Crippen LogP) is 3.42. The van der Waals surface area contributed by atoms with Gasteiger partial charge in [0, 0.05) is 17.1 Å². The number of ether oxygens (including phenoxy) is 1. The Morgan fingerprint density at radius 2 is 2.15 bits per heavy atom. The summed E-state index contributed by atoms with van der Waals surface area (Å²) in [5, 5.41) is 4.41. The highest BCUT2D eigenvalue weighted by molar-refractivity contribution is 9.10. The summed E-state index contributed by atoms with van der Waals surface area (Å²) >= 11 is 3.43. The Balaban J connectivity index is 1.65. The number of hydrogen-bond donors (Lipinski definition) is 0. The Hall–Kier alpha value is -1.88. The number of aryl methyl sites for hydroxylation is 1. The minimum absolute atomic E-state index is 0.571. The average Bonchev–Trinajstić information content (AvgIpc) is 2.80. The van der Waals surface area contributed by atoms with Crippen LogP contribution >= 0.6 is 15.9 Å². The van der Waals surface area contributed by atoms with Crippen LogP contribution in [-0.4, -0.2) is 21.2 Å². The number of hydrogen-bond acceptors (Lipinski definition) is 3. The maximum Gasteiger partial charge on any atom is 0.156 e. The molecule has 20 heavy (non-hydrogen) atoms. The van der Waals surface area contributed by atoms with Crippen LogP contribution in [0.4, 0.5) is 0 Å². The number of benzene rings is 1. The van der Waals surface area contributed by atoms with Crippen LogP contribution in [0.25, 0.3) is 5.65 Å². The van der Waals surface area contributed by atoms with Crippen molar-refractivity contribution in [3.05, 3.63) is 58.5 Å². The lowest BCUT2D eigenvalue weighted by Gasteiger charge is -2.04. The Morgan fingerprint density at radius 1 is 1.25 bits per heavy atom. The van der Waals surface area contributed by atoms with Crippen LogP contribution < -0.4 is 4.74 Å².